The molecular weight excluding hydrogens is 362 g/mol. The maximum Gasteiger partial charge on any atom is 0.274 e. The molecule has 134 valence electrons. The van der Waals surface area contributed by atoms with Crippen molar-refractivity contribution in [2.45, 2.75) is 6.54 Å². The first-order valence-corrected chi connectivity index (χ1v) is 7.76. The number of nitrogens with zero attached hydrogens (tertiary/aromatic N) is 3. The Morgan fingerprint density at radius 3 is 2.88 bits per heavy atom. The SMILES string of the molecule is NC(=O)COc1ccc2nc(CNC(=O)c3nc(Cl)cnc3N)[nH]c2c1. The summed E-state index contributed by atoms with van der Waals surface area (Å²) in [5, 5.41) is 2.70. The van der Waals surface area contributed by atoms with Crippen LogP contribution in [0.2, 0.25) is 5.15 Å². The molecule has 2 heterocycles. The van der Waals surface area contributed by atoms with Crippen LogP contribution in [0.5, 0.6) is 5.75 Å². The molecule has 0 aliphatic rings. The van der Waals surface area contributed by atoms with Gasteiger partial charge in [-0.25, -0.2) is 15.0 Å². The average molecular weight is 376 g/mol. The lowest BCUT2D eigenvalue weighted by atomic mass is 10.3. The fourth-order valence-electron chi connectivity index (χ4n) is 2.16. The maximum atomic E-state index is 12.2. The molecule has 2 aromatic heterocycles. The number of benzene rings is 1. The standard InChI is InChI=1S/C15H14ClN7O3/c16-10-4-19-14(18)13(23-10)15(25)20-5-12-21-8-2-1-7(3-9(8)22-12)26-6-11(17)24/h1-4H,5-6H2,(H2,17,24)(H2,18,19)(H,20,25)(H,21,22). The van der Waals surface area contributed by atoms with Crippen molar-refractivity contribution in [2.75, 3.05) is 12.3 Å². The molecule has 0 bridgehead atoms. The van der Waals surface area contributed by atoms with Crippen LogP contribution in [-0.2, 0) is 11.3 Å². The lowest BCUT2D eigenvalue weighted by Gasteiger charge is -2.04. The number of primary amides is 1. The Kier molecular flexibility index (Phi) is 4.85. The maximum absolute atomic E-state index is 12.2. The van der Waals surface area contributed by atoms with E-state index in [-0.39, 0.29) is 29.8 Å². The van der Waals surface area contributed by atoms with E-state index in [0.717, 1.165) is 0 Å². The number of hydrogen-bond donors (Lipinski definition) is 4. The van der Waals surface area contributed by atoms with Crippen molar-refractivity contribution in [3.8, 4) is 5.75 Å². The molecule has 0 aliphatic heterocycles. The van der Waals surface area contributed by atoms with Crippen LogP contribution in [-0.4, -0.2) is 38.4 Å². The Morgan fingerprint density at radius 2 is 2.12 bits per heavy atom. The van der Waals surface area contributed by atoms with Gasteiger partial charge in [0.2, 0.25) is 0 Å². The van der Waals surface area contributed by atoms with Gasteiger partial charge in [0.1, 0.15) is 16.7 Å². The van der Waals surface area contributed by atoms with Gasteiger partial charge in [-0.15, -0.1) is 0 Å². The summed E-state index contributed by atoms with van der Waals surface area (Å²) in [6.07, 6.45) is 1.25. The summed E-state index contributed by atoms with van der Waals surface area (Å²) in [6.45, 7) is -0.108. The second-order valence-electron chi connectivity index (χ2n) is 5.23. The number of rotatable bonds is 6. The van der Waals surface area contributed by atoms with Gasteiger partial charge in [0.05, 0.1) is 23.8 Å². The Labute approximate surface area is 151 Å². The molecule has 0 unspecified atom stereocenters. The number of carbonyl (C=O) groups is 2. The van der Waals surface area contributed by atoms with E-state index in [0.29, 0.717) is 22.6 Å². The zero-order valence-electron chi connectivity index (χ0n) is 13.3. The third kappa shape index (κ3) is 3.98. The molecule has 2 amide bonds. The van der Waals surface area contributed by atoms with Crippen molar-refractivity contribution in [3.05, 3.63) is 41.1 Å². The van der Waals surface area contributed by atoms with Crippen LogP contribution in [0.15, 0.2) is 24.4 Å². The highest BCUT2D eigenvalue weighted by molar-refractivity contribution is 6.29. The van der Waals surface area contributed by atoms with Crippen molar-refractivity contribution < 1.29 is 14.3 Å². The zero-order valence-corrected chi connectivity index (χ0v) is 14.1. The quantitative estimate of drug-likeness (QED) is 0.484. The van der Waals surface area contributed by atoms with Gasteiger partial charge in [0, 0.05) is 6.07 Å². The van der Waals surface area contributed by atoms with E-state index < -0.39 is 11.8 Å². The van der Waals surface area contributed by atoms with Crippen molar-refractivity contribution >= 4 is 40.3 Å². The Bertz CT molecular complexity index is 989. The van der Waals surface area contributed by atoms with Crippen molar-refractivity contribution in [2.24, 2.45) is 5.73 Å². The third-order valence-electron chi connectivity index (χ3n) is 3.29. The van der Waals surface area contributed by atoms with E-state index in [9.17, 15) is 9.59 Å². The molecule has 3 aromatic rings. The van der Waals surface area contributed by atoms with E-state index in [1.54, 1.807) is 18.2 Å². The van der Waals surface area contributed by atoms with Gasteiger partial charge >= 0.3 is 0 Å². The Hall–Kier alpha value is -3.40. The van der Waals surface area contributed by atoms with Crippen LogP contribution in [0.1, 0.15) is 16.3 Å². The average Bonchev–Trinajstić information content (AvgIpc) is 3.02. The molecule has 10 nitrogen and oxygen atoms in total. The van der Waals surface area contributed by atoms with E-state index in [4.69, 9.17) is 27.8 Å². The molecule has 0 aliphatic carbocycles. The number of H-pyrrole nitrogens is 1. The topological polar surface area (TPSA) is 162 Å². The highest BCUT2D eigenvalue weighted by Crippen LogP contribution is 2.19. The molecule has 26 heavy (non-hydrogen) atoms. The van der Waals surface area contributed by atoms with E-state index in [2.05, 4.69) is 25.3 Å². The number of carbonyl (C=O) groups excluding carboxylic acids is 2. The fraction of sp³-hybridized carbons (Fsp3) is 0.133. The summed E-state index contributed by atoms with van der Waals surface area (Å²) >= 11 is 5.72. The van der Waals surface area contributed by atoms with Gasteiger partial charge in [0.25, 0.3) is 11.8 Å². The fourth-order valence-corrected chi connectivity index (χ4v) is 2.29. The van der Waals surface area contributed by atoms with Crippen LogP contribution in [0.25, 0.3) is 11.0 Å². The second kappa shape index (κ2) is 7.23. The van der Waals surface area contributed by atoms with Gasteiger partial charge in [0.15, 0.2) is 18.1 Å². The van der Waals surface area contributed by atoms with Gasteiger partial charge < -0.3 is 26.5 Å². The van der Waals surface area contributed by atoms with Crippen LogP contribution in [0.4, 0.5) is 5.82 Å². The summed E-state index contributed by atoms with van der Waals surface area (Å²) < 4.78 is 5.23. The second-order valence-corrected chi connectivity index (χ2v) is 5.61. The molecule has 6 N–H and O–H groups in total. The third-order valence-corrected chi connectivity index (χ3v) is 3.47. The lowest BCUT2D eigenvalue weighted by Crippen LogP contribution is -2.25. The normalized spacial score (nSPS) is 10.7. The predicted octanol–water partition coefficient (Wildman–Crippen LogP) is 0.383. The zero-order chi connectivity index (χ0) is 18.7. The molecular formula is C15H14ClN7O3. The number of aromatic amines is 1. The number of ether oxygens (including phenoxy) is 1. The highest BCUT2D eigenvalue weighted by Gasteiger charge is 2.14. The summed E-state index contributed by atoms with van der Waals surface area (Å²) in [5.41, 5.74) is 12.0. The highest BCUT2D eigenvalue weighted by atomic mass is 35.5. The molecule has 11 heteroatoms. The Balaban J connectivity index is 1.70. The van der Waals surface area contributed by atoms with Crippen molar-refractivity contribution in [1.29, 1.82) is 0 Å². The summed E-state index contributed by atoms with van der Waals surface area (Å²) in [7, 11) is 0. The van der Waals surface area contributed by atoms with E-state index >= 15 is 0 Å². The number of amides is 2. The molecule has 0 fully saturated rings. The van der Waals surface area contributed by atoms with Gasteiger partial charge in [-0.05, 0) is 12.1 Å². The summed E-state index contributed by atoms with van der Waals surface area (Å²) in [6, 6.07) is 5.06. The van der Waals surface area contributed by atoms with Crippen LogP contribution in [0, 0.1) is 0 Å². The summed E-state index contributed by atoms with van der Waals surface area (Å²) in [4.78, 5) is 37.9. The smallest absolute Gasteiger partial charge is 0.274 e. The van der Waals surface area contributed by atoms with E-state index in [1.165, 1.54) is 6.20 Å². The van der Waals surface area contributed by atoms with Crippen LogP contribution in [0.3, 0.4) is 0 Å². The molecule has 0 atom stereocenters. The number of hydrogen-bond acceptors (Lipinski definition) is 7. The first-order chi connectivity index (χ1) is 12.4. The Morgan fingerprint density at radius 1 is 1.31 bits per heavy atom. The number of nitrogens with one attached hydrogen (secondary N) is 2. The van der Waals surface area contributed by atoms with Gasteiger partial charge in [-0.3, -0.25) is 9.59 Å². The molecule has 0 saturated carbocycles. The minimum atomic E-state index is -0.568. The number of aromatic nitrogens is 4. The number of nitrogen functional groups attached to an aromatic ring is 1. The van der Waals surface area contributed by atoms with Crippen LogP contribution >= 0.6 is 11.6 Å². The first kappa shape index (κ1) is 17.4. The van der Waals surface area contributed by atoms with Crippen molar-refractivity contribution in [1.82, 2.24) is 25.3 Å². The number of anilines is 1. The monoisotopic (exact) mass is 375 g/mol. The minimum Gasteiger partial charge on any atom is -0.484 e. The lowest BCUT2D eigenvalue weighted by molar-refractivity contribution is -0.119. The predicted molar refractivity (Wildman–Crippen MR) is 93.4 cm³/mol. The molecule has 0 spiro atoms. The van der Waals surface area contributed by atoms with Crippen LogP contribution < -0.4 is 21.5 Å². The van der Waals surface area contributed by atoms with Crippen molar-refractivity contribution in [3.63, 3.8) is 0 Å². The molecule has 1 aromatic carbocycles. The molecule has 3 rings (SSSR count). The number of nitrogens with two attached hydrogens (primary N) is 2. The van der Waals surface area contributed by atoms with E-state index in [1.807, 2.05) is 0 Å². The van der Waals surface area contributed by atoms with Gasteiger partial charge in [-0.1, -0.05) is 11.6 Å². The molecule has 0 radical (unpaired) electrons. The molecule has 0 saturated heterocycles. The van der Waals surface area contributed by atoms with Gasteiger partial charge in [-0.2, -0.15) is 0 Å². The first-order valence-electron chi connectivity index (χ1n) is 7.38. The number of halogens is 1. The number of fused-ring (bicyclic) bond motifs is 1. The number of imidazole rings is 1. The summed E-state index contributed by atoms with van der Waals surface area (Å²) in [5.74, 6) is -0.135. The minimum absolute atomic E-state index is 0.0206. The largest absolute Gasteiger partial charge is 0.484 e.